The minimum Gasteiger partial charge on any atom is -0.387 e. The van der Waals surface area contributed by atoms with Crippen LogP contribution in [0.25, 0.3) is 10.2 Å². The number of nitrogens with one attached hydrogen (secondary N) is 1. The first kappa shape index (κ1) is 17.0. The quantitative estimate of drug-likeness (QED) is 0.712. The molecule has 0 spiro atoms. The third-order valence-electron chi connectivity index (χ3n) is 3.81. The van der Waals surface area contributed by atoms with E-state index in [4.69, 9.17) is 0 Å². The summed E-state index contributed by atoms with van der Waals surface area (Å²) in [6.45, 7) is 2.03. The summed E-state index contributed by atoms with van der Waals surface area (Å²) in [5.74, 6) is -1.47. The third kappa shape index (κ3) is 3.77. The van der Waals surface area contributed by atoms with Crippen LogP contribution in [0.2, 0.25) is 0 Å². The number of aromatic nitrogens is 1. The van der Waals surface area contributed by atoms with Gasteiger partial charge in [-0.05, 0) is 31.2 Å². The molecule has 2 N–H and O–H groups in total. The minimum atomic E-state index is -1.23. The molecule has 0 saturated heterocycles. The van der Waals surface area contributed by atoms with Crippen LogP contribution in [0, 0.1) is 11.6 Å². The first-order valence-corrected chi connectivity index (χ1v) is 8.56. The summed E-state index contributed by atoms with van der Waals surface area (Å²) < 4.78 is 28.4. The van der Waals surface area contributed by atoms with Gasteiger partial charge < -0.3 is 10.4 Å². The number of thiazole rings is 1. The second kappa shape index (κ2) is 7.34. The van der Waals surface area contributed by atoms with Gasteiger partial charge in [-0.1, -0.05) is 18.2 Å². The third-order valence-corrected chi connectivity index (χ3v) is 4.87. The second-order valence-electron chi connectivity index (χ2n) is 5.74. The van der Waals surface area contributed by atoms with Gasteiger partial charge in [-0.3, -0.25) is 0 Å². The standard InChI is InChI=1S/C18H18F2N2OS/c1-11(9-17-22-14-7-2-3-8-16(14)24-17)21-10-15(23)18-12(19)5-4-6-13(18)20/h2-8,11,15,21,23H,9-10H2,1H3. The van der Waals surface area contributed by atoms with Crippen LogP contribution in [0.5, 0.6) is 0 Å². The van der Waals surface area contributed by atoms with Crippen LogP contribution >= 0.6 is 11.3 Å². The topological polar surface area (TPSA) is 45.2 Å². The Labute approximate surface area is 143 Å². The lowest BCUT2D eigenvalue weighted by Crippen LogP contribution is -2.32. The van der Waals surface area contributed by atoms with Crippen molar-refractivity contribution < 1.29 is 13.9 Å². The molecule has 24 heavy (non-hydrogen) atoms. The van der Waals surface area contributed by atoms with E-state index < -0.39 is 17.7 Å². The highest BCUT2D eigenvalue weighted by Crippen LogP contribution is 2.23. The fraction of sp³-hybridized carbons (Fsp3) is 0.278. The molecule has 0 amide bonds. The van der Waals surface area contributed by atoms with E-state index in [2.05, 4.69) is 10.3 Å². The molecule has 1 aromatic heterocycles. The van der Waals surface area contributed by atoms with Crippen molar-refractivity contribution >= 4 is 21.6 Å². The van der Waals surface area contributed by atoms with Crippen molar-refractivity contribution in [3.8, 4) is 0 Å². The smallest absolute Gasteiger partial charge is 0.131 e. The number of aliphatic hydroxyl groups excluding tert-OH is 1. The molecule has 3 aromatic rings. The van der Waals surface area contributed by atoms with Crippen LogP contribution < -0.4 is 5.32 Å². The Hall–Kier alpha value is -1.89. The number of fused-ring (bicyclic) bond motifs is 1. The van der Waals surface area contributed by atoms with E-state index in [0.29, 0.717) is 6.42 Å². The Morgan fingerprint density at radius 1 is 1.12 bits per heavy atom. The monoisotopic (exact) mass is 348 g/mol. The largest absolute Gasteiger partial charge is 0.387 e. The maximum absolute atomic E-state index is 13.7. The van der Waals surface area contributed by atoms with Gasteiger partial charge in [0.05, 0.1) is 26.9 Å². The van der Waals surface area contributed by atoms with Gasteiger partial charge in [-0.15, -0.1) is 11.3 Å². The van der Waals surface area contributed by atoms with Crippen molar-refractivity contribution in [2.75, 3.05) is 6.54 Å². The molecule has 3 rings (SSSR count). The van der Waals surface area contributed by atoms with Crippen LogP contribution in [-0.2, 0) is 6.42 Å². The maximum atomic E-state index is 13.7. The van der Waals surface area contributed by atoms with Crippen molar-refractivity contribution in [3.63, 3.8) is 0 Å². The van der Waals surface area contributed by atoms with Crippen molar-refractivity contribution in [2.45, 2.75) is 25.5 Å². The average molecular weight is 348 g/mol. The van der Waals surface area contributed by atoms with Gasteiger partial charge in [-0.2, -0.15) is 0 Å². The molecule has 0 saturated carbocycles. The van der Waals surface area contributed by atoms with Crippen molar-refractivity contribution in [1.29, 1.82) is 0 Å². The van der Waals surface area contributed by atoms with E-state index in [9.17, 15) is 13.9 Å². The molecule has 0 aliphatic rings. The SMILES string of the molecule is CC(Cc1nc2ccccc2s1)NCC(O)c1c(F)cccc1F. The first-order valence-electron chi connectivity index (χ1n) is 7.74. The summed E-state index contributed by atoms with van der Waals surface area (Å²) in [4.78, 5) is 4.56. The van der Waals surface area contributed by atoms with E-state index in [-0.39, 0.29) is 18.2 Å². The molecule has 2 atom stereocenters. The number of benzene rings is 2. The first-order chi connectivity index (χ1) is 11.5. The molecule has 6 heteroatoms. The lowest BCUT2D eigenvalue weighted by molar-refractivity contribution is 0.161. The molecular weight excluding hydrogens is 330 g/mol. The summed E-state index contributed by atoms with van der Waals surface area (Å²) in [5, 5.41) is 14.2. The van der Waals surface area contributed by atoms with Gasteiger partial charge in [0.15, 0.2) is 0 Å². The average Bonchev–Trinajstić information content (AvgIpc) is 2.95. The molecule has 1 heterocycles. The molecular formula is C18H18F2N2OS. The number of para-hydroxylation sites is 1. The van der Waals surface area contributed by atoms with E-state index in [1.807, 2.05) is 31.2 Å². The molecule has 3 nitrogen and oxygen atoms in total. The lowest BCUT2D eigenvalue weighted by atomic mass is 10.1. The Morgan fingerprint density at radius 2 is 1.83 bits per heavy atom. The molecule has 2 unspecified atom stereocenters. The number of hydrogen-bond donors (Lipinski definition) is 2. The molecule has 0 radical (unpaired) electrons. The summed E-state index contributed by atoms with van der Waals surface area (Å²) >= 11 is 1.63. The predicted molar refractivity (Wildman–Crippen MR) is 92.1 cm³/mol. The summed E-state index contributed by atoms with van der Waals surface area (Å²) in [6.07, 6.45) is -0.546. The van der Waals surface area contributed by atoms with Gasteiger partial charge in [0.25, 0.3) is 0 Å². The molecule has 0 fully saturated rings. The van der Waals surface area contributed by atoms with Crippen molar-refractivity contribution in [1.82, 2.24) is 10.3 Å². The summed E-state index contributed by atoms with van der Waals surface area (Å²) in [6, 6.07) is 11.5. The normalized spacial score (nSPS) is 14.0. The molecule has 0 aliphatic carbocycles. The van der Waals surface area contributed by atoms with Gasteiger partial charge >= 0.3 is 0 Å². The van der Waals surface area contributed by atoms with Gasteiger partial charge in [0.1, 0.15) is 11.6 Å². The predicted octanol–water partition coefficient (Wildman–Crippen LogP) is 3.83. The second-order valence-corrected chi connectivity index (χ2v) is 6.86. The van der Waals surface area contributed by atoms with Crippen LogP contribution in [0.3, 0.4) is 0 Å². The Kier molecular flexibility index (Phi) is 5.18. The Balaban J connectivity index is 1.60. The van der Waals surface area contributed by atoms with E-state index >= 15 is 0 Å². The Bertz CT molecular complexity index is 784. The fourth-order valence-corrected chi connectivity index (χ4v) is 3.68. The fourth-order valence-electron chi connectivity index (χ4n) is 2.59. The zero-order chi connectivity index (χ0) is 17.1. The van der Waals surface area contributed by atoms with Crippen LogP contribution in [-0.4, -0.2) is 22.7 Å². The van der Waals surface area contributed by atoms with Crippen LogP contribution in [0.15, 0.2) is 42.5 Å². The van der Waals surface area contributed by atoms with Crippen LogP contribution in [0.1, 0.15) is 23.6 Å². The number of hydrogen-bond acceptors (Lipinski definition) is 4. The summed E-state index contributed by atoms with van der Waals surface area (Å²) in [5.41, 5.74) is 0.676. The highest BCUT2D eigenvalue weighted by Gasteiger charge is 2.18. The van der Waals surface area contributed by atoms with Gasteiger partial charge in [0.2, 0.25) is 0 Å². The zero-order valence-electron chi connectivity index (χ0n) is 13.2. The lowest BCUT2D eigenvalue weighted by Gasteiger charge is -2.17. The minimum absolute atomic E-state index is 0.0232. The van der Waals surface area contributed by atoms with Crippen molar-refractivity contribution in [2.24, 2.45) is 0 Å². The van der Waals surface area contributed by atoms with Crippen LogP contribution in [0.4, 0.5) is 8.78 Å². The highest BCUT2D eigenvalue weighted by atomic mass is 32.1. The zero-order valence-corrected chi connectivity index (χ0v) is 14.0. The molecule has 0 aliphatic heterocycles. The van der Waals surface area contributed by atoms with Gasteiger partial charge in [-0.25, -0.2) is 13.8 Å². The molecule has 0 bridgehead atoms. The van der Waals surface area contributed by atoms with Crippen molar-refractivity contribution in [3.05, 3.63) is 64.7 Å². The van der Waals surface area contributed by atoms with E-state index in [0.717, 1.165) is 27.4 Å². The molecule has 2 aromatic carbocycles. The van der Waals surface area contributed by atoms with E-state index in [1.165, 1.54) is 6.07 Å². The number of aliphatic hydroxyl groups is 1. The van der Waals surface area contributed by atoms with E-state index in [1.54, 1.807) is 11.3 Å². The maximum Gasteiger partial charge on any atom is 0.131 e. The summed E-state index contributed by atoms with van der Waals surface area (Å²) in [7, 11) is 0. The number of halogens is 2. The number of rotatable bonds is 6. The number of nitrogens with zero attached hydrogens (tertiary/aromatic N) is 1. The molecule has 126 valence electrons. The Morgan fingerprint density at radius 3 is 2.54 bits per heavy atom. The van der Waals surface area contributed by atoms with Gasteiger partial charge in [0, 0.05) is 19.0 Å². The highest BCUT2D eigenvalue weighted by molar-refractivity contribution is 7.18.